The number of nitrogens with two attached hydrogens (primary N) is 1. The molecule has 0 aliphatic heterocycles. The Labute approximate surface area is 122 Å². The summed E-state index contributed by atoms with van der Waals surface area (Å²) in [6.07, 6.45) is 0. The highest BCUT2D eigenvalue weighted by Gasteiger charge is 2.15. The maximum Gasteiger partial charge on any atom is 0.123 e. The number of hydrogen-bond donors (Lipinski definition) is 2. The molecule has 0 aliphatic rings. The minimum Gasteiger partial charge on any atom is -0.384 e. The zero-order valence-corrected chi connectivity index (χ0v) is 12.4. The zero-order chi connectivity index (χ0) is 14.7. The molecule has 0 amide bonds. The monoisotopic (exact) mass is 291 g/mol. The van der Waals surface area contributed by atoms with Gasteiger partial charge in [0.05, 0.1) is 0 Å². The molecule has 1 unspecified atom stereocenters. The van der Waals surface area contributed by atoms with Gasteiger partial charge < -0.3 is 5.73 Å². The number of nitrogen functional groups attached to an aromatic ring is 1. The highest BCUT2D eigenvalue weighted by molar-refractivity contribution is 7.10. The smallest absolute Gasteiger partial charge is 0.123 e. The van der Waals surface area contributed by atoms with Crippen molar-refractivity contribution in [1.29, 1.82) is 5.41 Å². The molecule has 20 heavy (non-hydrogen) atoms. The number of nitrogens with zero attached hydrogens (tertiary/aromatic N) is 1. The molecule has 1 aromatic heterocycles. The largest absolute Gasteiger partial charge is 0.384 e. The number of benzene rings is 1. The molecule has 1 heterocycles. The second-order valence-corrected chi connectivity index (χ2v) is 5.80. The number of hydrogen-bond acceptors (Lipinski definition) is 3. The van der Waals surface area contributed by atoms with Crippen molar-refractivity contribution < 1.29 is 4.39 Å². The Kier molecular flexibility index (Phi) is 4.52. The Morgan fingerprint density at radius 2 is 2.20 bits per heavy atom. The van der Waals surface area contributed by atoms with Crippen LogP contribution in [0.1, 0.15) is 29.0 Å². The highest BCUT2D eigenvalue weighted by Crippen LogP contribution is 2.25. The van der Waals surface area contributed by atoms with E-state index < -0.39 is 0 Å². The van der Waals surface area contributed by atoms with Gasteiger partial charge in [0.25, 0.3) is 0 Å². The topological polar surface area (TPSA) is 53.1 Å². The summed E-state index contributed by atoms with van der Waals surface area (Å²) < 4.78 is 13.3. The Morgan fingerprint density at radius 1 is 1.45 bits per heavy atom. The molecule has 2 rings (SSSR count). The van der Waals surface area contributed by atoms with E-state index in [4.69, 9.17) is 11.1 Å². The van der Waals surface area contributed by atoms with Crippen molar-refractivity contribution in [3.8, 4) is 0 Å². The van der Waals surface area contributed by atoms with Gasteiger partial charge in [0.15, 0.2) is 0 Å². The van der Waals surface area contributed by atoms with Crippen LogP contribution in [-0.2, 0) is 6.54 Å². The molecule has 0 aliphatic carbocycles. The van der Waals surface area contributed by atoms with Crippen LogP contribution < -0.4 is 5.73 Å². The van der Waals surface area contributed by atoms with Gasteiger partial charge in [-0.3, -0.25) is 10.3 Å². The third kappa shape index (κ3) is 3.23. The van der Waals surface area contributed by atoms with Crippen LogP contribution in [0.5, 0.6) is 0 Å². The summed E-state index contributed by atoms with van der Waals surface area (Å²) in [6, 6.07) is 8.82. The molecule has 3 N–H and O–H groups in total. The molecule has 0 fully saturated rings. The average molecular weight is 291 g/mol. The van der Waals surface area contributed by atoms with E-state index in [1.165, 1.54) is 17.0 Å². The summed E-state index contributed by atoms with van der Waals surface area (Å²) >= 11 is 1.71. The highest BCUT2D eigenvalue weighted by atomic mass is 32.1. The van der Waals surface area contributed by atoms with Crippen LogP contribution in [-0.4, -0.2) is 17.8 Å². The average Bonchev–Trinajstić information content (AvgIpc) is 2.93. The number of halogens is 1. The van der Waals surface area contributed by atoms with E-state index in [0.717, 1.165) is 5.56 Å². The molecule has 0 bridgehead atoms. The number of rotatable bonds is 5. The zero-order valence-electron chi connectivity index (χ0n) is 11.6. The minimum absolute atomic E-state index is 0.100. The van der Waals surface area contributed by atoms with Gasteiger partial charge in [0.1, 0.15) is 11.7 Å². The summed E-state index contributed by atoms with van der Waals surface area (Å²) in [5.41, 5.74) is 6.86. The van der Waals surface area contributed by atoms with Crippen molar-refractivity contribution in [3.63, 3.8) is 0 Å². The van der Waals surface area contributed by atoms with E-state index in [1.54, 1.807) is 17.4 Å². The van der Waals surface area contributed by atoms with Crippen LogP contribution in [0.15, 0.2) is 35.7 Å². The molecular weight excluding hydrogens is 273 g/mol. The van der Waals surface area contributed by atoms with Gasteiger partial charge in [-0.25, -0.2) is 4.39 Å². The summed E-state index contributed by atoms with van der Waals surface area (Å²) in [7, 11) is 2.01. The second-order valence-electron chi connectivity index (χ2n) is 4.82. The van der Waals surface area contributed by atoms with Crippen molar-refractivity contribution in [1.82, 2.24) is 4.90 Å². The Bertz CT molecular complexity index is 595. The Morgan fingerprint density at radius 3 is 2.80 bits per heavy atom. The van der Waals surface area contributed by atoms with Gasteiger partial charge in [-0.05, 0) is 43.1 Å². The van der Waals surface area contributed by atoms with E-state index in [9.17, 15) is 4.39 Å². The molecule has 2 aromatic rings. The number of nitrogens with one attached hydrogen (secondary N) is 1. The third-order valence-electron chi connectivity index (χ3n) is 3.40. The van der Waals surface area contributed by atoms with Crippen LogP contribution in [0.2, 0.25) is 0 Å². The first-order valence-electron chi connectivity index (χ1n) is 6.35. The predicted octanol–water partition coefficient (Wildman–Crippen LogP) is 3.36. The lowest BCUT2D eigenvalue weighted by molar-refractivity contribution is 0.256. The van der Waals surface area contributed by atoms with Crippen molar-refractivity contribution in [2.75, 3.05) is 7.05 Å². The lowest BCUT2D eigenvalue weighted by Crippen LogP contribution is -2.24. The van der Waals surface area contributed by atoms with Crippen LogP contribution in [0.4, 0.5) is 4.39 Å². The van der Waals surface area contributed by atoms with Gasteiger partial charge in [-0.15, -0.1) is 11.3 Å². The molecule has 0 saturated carbocycles. The minimum atomic E-state index is -0.368. The van der Waals surface area contributed by atoms with Crippen molar-refractivity contribution >= 4 is 17.2 Å². The predicted molar refractivity (Wildman–Crippen MR) is 81.6 cm³/mol. The molecule has 0 saturated heterocycles. The molecule has 1 atom stereocenters. The first-order valence-corrected chi connectivity index (χ1v) is 7.23. The standard InChI is InChI=1S/C15H18FN3S/c1-10(14-4-3-7-20-14)19(2)9-11-5-6-12(16)8-13(11)15(17)18/h3-8,10H,9H2,1-2H3,(H3,17,18). The second kappa shape index (κ2) is 6.15. The lowest BCUT2D eigenvalue weighted by Gasteiger charge is -2.24. The number of thiophene rings is 1. The van der Waals surface area contributed by atoms with E-state index in [2.05, 4.69) is 23.3 Å². The van der Waals surface area contributed by atoms with Gasteiger partial charge in [0.2, 0.25) is 0 Å². The fourth-order valence-electron chi connectivity index (χ4n) is 2.09. The van der Waals surface area contributed by atoms with E-state index in [1.807, 2.05) is 13.1 Å². The first-order chi connectivity index (χ1) is 9.49. The SMILES string of the molecule is CC(c1cccs1)N(C)Cc1ccc(F)cc1C(=N)N. The molecule has 3 nitrogen and oxygen atoms in total. The molecule has 106 valence electrons. The number of amidine groups is 1. The molecule has 1 aromatic carbocycles. The van der Waals surface area contributed by atoms with Crippen LogP contribution in [0.3, 0.4) is 0 Å². The summed E-state index contributed by atoms with van der Waals surface area (Å²) in [5, 5.41) is 9.61. The fraction of sp³-hybridized carbons (Fsp3) is 0.267. The van der Waals surface area contributed by atoms with E-state index in [0.29, 0.717) is 12.1 Å². The Hall–Kier alpha value is -1.72. The summed E-state index contributed by atoms with van der Waals surface area (Å²) in [4.78, 5) is 3.44. The van der Waals surface area contributed by atoms with Crippen molar-refractivity contribution in [2.45, 2.75) is 19.5 Å². The molecular formula is C15H18FN3S. The first kappa shape index (κ1) is 14.7. The summed E-state index contributed by atoms with van der Waals surface area (Å²) in [6.45, 7) is 2.75. The van der Waals surface area contributed by atoms with Crippen LogP contribution in [0.25, 0.3) is 0 Å². The van der Waals surface area contributed by atoms with E-state index >= 15 is 0 Å². The third-order valence-corrected chi connectivity index (χ3v) is 4.44. The normalized spacial score (nSPS) is 12.6. The van der Waals surface area contributed by atoms with Crippen molar-refractivity contribution in [3.05, 3.63) is 57.5 Å². The van der Waals surface area contributed by atoms with Crippen molar-refractivity contribution in [2.24, 2.45) is 5.73 Å². The molecule has 5 heteroatoms. The van der Waals surface area contributed by atoms with Crippen LogP contribution in [0, 0.1) is 11.2 Å². The molecule has 0 spiro atoms. The lowest BCUT2D eigenvalue weighted by atomic mass is 10.1. The van der Waals surface area contributed by atoms with E-state index in [-0.39, 0.29) is 17.7 Å². The summed E-state index contributed by atoms with van der Waals surface area (Å²) in [5.74, 6) is -0.468. The van der Waals surface area contributed by atoms with Crippen LogP contribution >= 0.6 is 11.3 Å². The van der Waals surface area contributed by atoms with Gasteiger partial charge in [-0.2, -0.15) is 0 Å². The fourth-order valence-corrected chi connectivity index (χ4v) is 2.94. The quantitative estimate of drug-likeness (QED) is 0.655. The maximum atomic E-state index is 13.3. The Balaban J connectivity index is 2.19. The van der Waals surface area contributed by atoms with Gasteiger partial charge in [-0.1, -0.05) is 12.1 Å². The maximum absolute atomic E-state index is 13.3. The van der Waals surface area contributed by atoms with Gasteiger partial charge >= 0.3 is 0 Å². The van der Waals surface area contributed by atoms with Gasteiger partial charge in [0, 0.05) is 23.0 Å². The molecule has 0 radical (unpaired) electrons.